The molecule has 2 atom stereocenters. The number of aliphatic hydroxyl groups excluding tert-OH is 2. The molecule has 3 fully saturated rings. The first-order valence-electron chi connectivity index (χ1n) is 19.3. The number of ether oxygens (including phenoxy) is 4. The van der Waals surface area contributed by atoms with Gasteiger partial charge in [0.1, 0.15) is 22.7 Å². The second-order valence-corrected chi connectivity index (χ2v) is 15.4. The van der Waals surface area contributed by atoms with E-state index in [0.717, 1.165) is 11.1 Å². The Bertz CT molecular complexity index is 2180. The normalized spacial score (nSPS) is 28.7. The van der Waals surface area contributed by atoms with Gasteiger partial charge in [-0.1, -0.05) is 97.1 Å². The number of amides is 2. The van der Waals surface area contributed by atoms with Crippen molar-refractivity contribution in [3.05, 3.63) is 166 Å². The maximum atomic E-state index is 13.0. The molecule has 0 bridgehead atoms. The Balaban J connectivity index is 0.907. The van der Waals surface area contributed by atoms with E-state index in [2.05, 4.69) is 10.6 Å². The lowest BCUT2D eigenvalue weighted by atomic mass is 9.84. The molecule has 4 heterocycles. The van der Waals surface area contributed by atoms with E-state index in [0.29, 0.717) is 0 Å². The molecule has 2 aromatic carbocycles. The Labute approximate surface area is 344 Å². The van der Waals surface area contributed by atoms with E-state index in [4.69, 9.17) is 18.9 Å². The fourth-order valence-electron chi connectivity index (χ4n) is 7.68. The zero-order valence-electron chi connectivity index (χ0n) is 32.8. The predicted octanol–water partition coefficient (Wildman–Crippen LogP) is 5.73. The number of carbonyl (C=O) groups excluding carboxylic acids is 6. The third-order valence-electron chi connectivity index (χ3n) is 11.0. The Morgan fingerprint density at radius 3 is 1.15 bits per heavy atom. The number of benzene rings is 2. The van der Waals surface area contributed by atoms with Crippen LogP contribution in [0.4, 0.5) is 0 Å². The highest BCUT2D eigenvalue weighted by molar-refractivity contribution is 6.16. The molecule has 308 valence electrons. The quantitative estimate of drug-likeness (QED) is 0.109. The molecule has 14 nitrogen and oxygen atoms in total. The molecule has 1 saturated carbocycles. The van der Waals surface area contributed by atoms with Gasteiger partial charge in [-0.3, -0.25) is 9.59 Å². The van der Waals surface area contributed by atoms with Crippen LogP contribution in [0.2, 0.25) is 0 Å². The standard InChI is InChI=1S/C46H42N2O12/c1-43(29-15-7-3-8-16-29)27-35(49)31(37(51)47-43)19-11-5-13-21-33-39(53)57-45(58-40(33)54)23-25-46(26-24-45)59-41(55)34(42(56)60-46)22-14-6-12-20-32-36(50)28-44(2,48-38(32)52)30-17-9-4-10-18-30/h3-22,49-50H,23-28H2,1-2H3,(H,47,51)(H,48,52)/b13-5+,14-6+,19-11+,20-12+,33-21?,34-22?. The number of aliphatic hydroxyl groups is 2. The van der Waals surface area contributed by atoms with Gasteiger partial charge in [0.2, 0.25) is 0 Å². The second kappa shape index (κ2) is 16.2. The molecule has 5 aliphatic rings. The third-order valence-corrected chi connectivity index (χ3v) is 11.0. The van der Waals surface area contributed by atoms with E-state index >= 15 is 0 Å². The number of hydrogen-bond donors (Lipinski definition) is 4. The van der Waals surface area contributed by atoms with E-state index in [1.165, 1.54) is 60.8 Å². The minimum atomic E-state index is -1.66. The first kappa shape index (κ1) is 41.0. The van der Waals surface area contributed by atoms with Gasteiger partial charge in [0.05, 0.1) is 22.2 Å². The summed E-state index contributed by atoms with van der Waals surface area (Å²) in [6, 6.07) is 18.6. The van der Waals surface area contributed by atoms with E-state index in [-0.39, 0.29) is 72.3 Å². The van der Waals surface area contributed by atoms with Crippen molar-refractivity contribution in [2.45, 2.75) is 75.0 Å². The highest BCUT2D eigenvalue weighted by Crippen LogP contribution is 2.45. The maximum absolute atomic E-state index is 13.0. The summed E-state index contributed by atoms with van der Waals surface area (Å²) >= 11 is 0. The van der Waals surface area contributed by atoms with Crippen LogP contribution in [0.3, 0.4) is 0 Å². The van der Waals surface area contributed by atoms with Gasteiger partial charge in [-0.2, -0.15) is 0 Å². The zero-order valence-corrected chi connectivity index (χ0v) is 32.8. The molecule has 4 aliphatic heterocycles. The summed E-state index contributed by atoms with van der Waals surface area (Å²) < 4.78 is 22.2. The van der Waals surface area contributed by atoms with Crippen molar-refractivity contribution in [2.75, 3.05) is 0 Å². The fraction of sp³-hybridized carbons (Fsp3) is 0.261. The molecule has 7 rings (SSSR count). The average molecular weight is 815 g/mol. The minimum absolute atomic E-state index is 0.0798. The van der Waals surface area contributed by atoms with E-state index in [1.807, 2.05) is 74.5 Å². The van der Waals surface area contributed by atoms with Crippen molar-refractivity contribution in [1.82, 2.24) is 10.6 Å². The Hall–Kier alpha value is -7.22. The summed E-state index contributed by atoms with van der Waals surface area (Å²) in [5, 5.41) is 27.2. The van der Waals surface area contributed by atoms with Gasteiger partial charge in [-0.25, -0.2) is 19.2 Å². The van der Waals surface area contributed by atoms with Gasteiger partial charge in [0.25, 0.3) is 23.4 Å². The van der Waals surface area contributed by atoms with Crippen LogP contribution in [-0.2, 0) is 58.8 Å². The highest BCUT2D eigenvalue weighted by atomic mass is 16.8. The number of hydrogen-bond acceptors (Lipinski definition) is 12. The molecular weight excluding hydrogens is 773 g/mol. The number of allylic oxidation sites excluding steroid dienone is 8. The summed E-state index contributed by atoms with van der Waals surface area (Å²) in [6.07, 6.45) is 13.8. The molecule has 2 unspecified atom stereocenters. The Morgan fingerprint density at radius 2 is 0.833 bits per heavy atom. The smallest absolute Gasteiger partial charge is 0.348 e. The van der Waals surface area contributed by atoms with Gasteiger partial charge in [0, 0.05) is 38.5 Å². The maximum Gasteiger partial charge on any atom is 0.348 e. The van der Waals surface area contributed by atoms with Crippen LogP contribution < -0.4 is 10.6 Å². The molecular formula is C46H42N2O12. The van der Waals surface area contributed by atoms with Crippen LogP contribution in [-0.4, -0.2) is 57.5 Å². The van der Waals surface area contributed by atoms with Crippen molar-refractivity contribution < 1.29 is 57.9 Å². The molecule has 14 heteroatoms. The minimum Gasteiger partial charge on any atom is -0.511 e. The van der Waals surface area contributed by atoms with Crippen LogP contribution in [0, 0.1) is 0 Å². The topological polar surface area (TPSA) is 204 Å². The van der Waals surface area contributed by atoms with E-state index in [1.54, 1.807) is 0 Å². The van der Waals surface area contributed by atoms with Crippen molar-refractivity contribution in [3.63, 3.8) is 0 Å². The average Bonchev–Trinajstić information content (AvgIpc) is 3.20. The molecule has 2 amide bonds. The molecule has 1 aliphatic carbocycles. The molecule has 0 radical (unpaired) electrons. The summed E-state index contributed by atoms with van der Waals surface area (Å²) in [7, 11) is 0. The third kappa shape index (κ3) is 8.35. The van der Waals surface area contributed by atoms with Gasteiger partial charge in [-0.05, 0) is 49.3 Å². The monoisotopic (exact) mass is 814 g/mol. The van der Waals surface area contributed by atoms with Gasteiger partial charge < -0.3 is 39.8 Å². The molecule has 2 aromatic rings. The molecule has 0 aromatic heterocycles. The summed E-state index contributed by atoms with van der Waals surface area (Å²) in [5.41, 5.74) is -0.457. The van der Waals surface area contributed by atoms with Gasteiger partial charge in [0.15, 0.2) is 0 Å². The first-order valence-corrected chi connectivity index (χ1v) is 19.3. The summed E-state index contributed by atoms with van der Waals surface area (Å²) in [4.78, 5) is 77.5. The van der Waals surface area contributed by atoms with Crippen LogP contribution in [0.15, 0.2) is 155 Å². The lowest BCUT2D eigenvalue weighted by molar-refractivity contribution is -0.291. The number of nitrogens with one attached hydrogen (secondary N) is 2. The fourth-order valence-corrected chi connectivity index (χ4v) is 7.68. The van der Waals surface area contributed by atoms with Crippen molar-refractivity contribution in [1.29, 1.82) is 0 Å². The zero-order chi connectivity index (χ0) is 42.7. The van der Waals surface area contributed by atoms with Gasteiger partial charge in [-0.15, -0.1) is 0 Å². The van der Waals surface area contributed by atoms with E-state index in [9.17, 15) is 39.0 Å². The van der Waals surface area contributed by atoms with Crippen molar-refractivity contribution >= 4 is 35.7 Å². The van der Waals surface area contributed by atoms with Gasteiger partial charge >= 0.3 is 23.9 Å². The molecule has 4 N–H and O–H groups in total. The molecule has 60 heavy (non-hydrogen) atoms. The number of rotatable bonds is 8. The summed E-state index contributed by atoms with van der Waals surface area (Å²) in [6.45, 7) is 3.65. The van der Waals surface area contributed by atoms with Crippen molar-refractivity contribution in [3.8, 4) is 0 Å². The highest BCUT2D eigenvalue weighted by Gasteiger charge is 2.56. The molecule has 2 spiro atoms. The van der Waals surface area contributed by atoms with Crippen LogP contribution in [0.5, 0.6) is 0 Å². The largest absolute Gasteiger partial charge is 0.511 e. The lowest BCUT2D eigenvalue weighted by Gasteiger charge is -2.45. The van der Waals surface area contributed by atoms with Crippen molar-refractivity contribution in [2.24, 2.45) is 0 Å². The van der Waals surface area contributed by atoms with Crippen LogP contribution in [0.25, 0.3) is 0 Å². The van der Waals surface area contributed by atoms with Crippen LogP contribution in [0.1, 0.15) is 63.5 Å². The Kier molecular flexibility index (Phi) is 11.1. The second-order valence-electron chi connectivity index (χ2n) is 15.4. The lowest BCUT2D eigenvalue weighted by Crippen LogP contribution is -2.56. The Morgan fingerprint density at radius 1 is 0.500 bits per heavy atom. The SMILES string of the molecule is CC1(c2ccccc2)CC(O)=C(/C=C/C=C/C=C2C(=O)OC3(CCC4(CC3)OC(=O)C(=C/C=C/C=C/C3=C(O)CC(C)(c5ccccc5)NC3=O)C(=O)O4)OC2=O)C(=O)N1. The molecule has 2 saturated heterocycles. The predicted molar refractivity (Wildman–Crippen MR) is 213 cm³/mol. The summed E-state index contributed by atoms with van der Waals surface area (Å²) in [5.74, 6) is -8.15. The van der Waals surface area contributed by atoms with E-state index < -0.39 is 58.3 Å². The first-order chi connectivity index (χ1) is 28.6. The number of esters is 4. The van der Waals surface area contributed by atoms with Crippen LogP contribution >= 0.6 is 0 Å². The number of carbonyl (C=O) groups is 6.